The van der Waals surface area contributed by atoms with Gasteiger partial charge in [-0.1, -0.05) is 26.7 Å². The summed E-state index contributed by atoms with van der Waals surface area (Å²) in [5.41, 5.74) is 0. The highest BCUT2D eigenvalue weighted by atomic mass is 127. The maximum absolute atomic E-state index is 5.56. The second-order valence-corrected chi connectivity index (χ2v) is 5.35. The number of hydrogen-bond donors (Lipinski definition) is 2. The van der Waals surface area contributed by atoms with Crippen LogP contribution in [0.1, 0.15) is 33.1 Å². The van der Waals surface area contributed by atoms with Gasteiger partial charge in [0, 0.05) is 19.8 Å². The zero-order valence-electron chi connectivity index (χ0n) is 13.8. The maximum atomic E-state index is 5.56. The third-order valence-corrected chi connectivity index (χ3v) is 3.02. The molecule has 0 unspecified atom stereocenters. The topological polar surface area (TPSA) is 58.5 Å². The van der Waals surface area contributed by atoms with E-state index in [1.165, 1.54) is 19.3 Å². The number of nitrogens with zero attached hydrogens (tertiary/aromatic N) is 2. The lowest BCUT2D eigenvalue weighted by Gasteiger charge is -2.12. The fourth-order valence-corrected chi connectivity index (χ4v) is 1.88. The molecule has 1 aromatic heterocycles. The number of nitrogens with one attached hydrogen (secondary N) is 2. The zero-order chi connectivity index (χ0) is 15.3. The van der Waals surface area contributed by atoms with Gasteiger partial charge in [-0.3, -0.25) is 9.98 Å². The van der Waals surface area contributed by atoms with Crippen LogP contribution in [0.3, 0.4) is 0 Å². The van der Waals surface area contributed by atoms with E-state index in [2.05, 4.69) is 34.5 Å². The number of rotatable bonds is 9. The lowest BCUT2D eigenvalue weighted by atomic mass is 10.1. The second kappa shape index (κ2) is 13.6. The molecule has 0 aliphatic carbocycles. The van der Waals surface area contributed by atoms with Crippen molar-refractivity contribution in [2.45, 2.75) is 33.1 Å². The summed E-state index contributed by atoms with van der Waals surface area (Å²) in [5.74, 6) is 2.40. The van der Waals surface area contributed by atoms with Crippen molar-refractivity contribution in [3.8, 4) is 5.75 Å². The van der Waals surface area contributed by atoms with Crippen LogP contribution in [0.4, 0.5) is 0 Å². The maximum Gasteiger partial charge on any atom is 0.191 e. The van der Waals surface area contributed by atoms with Gasteiger partial charge >= 0.3 is 0 Å². The minimum absolute atomic E-state index is 0. The van der Waals surface area contributed by atoms with E-state index in [1.54, 1.807) is 19.4 Å². The quantitative estimate of drug-likeness (QED) is 0.279. The minimum atomic E-state index is 0. The normalized spacial score (nSPS) is 11.0. The van der Waals surface area contributed by atoms with Crippen molar-refractivity contribution < 1.29 is 4.74 Å². The molecule has 5 nitrogen and oxygen atoms in total. The SMILES string of the molecule is CN=C(NCCCCC(C)C)NCCOc1cccnc1.I. The van der Waals surface area contributed by atoms with Crippen molar-refractivity contribution in [2.24, 2.45) is 10.9 Å². The first-order valence-electron chi connectivity index (χ1n) is 7.69. The summed E-state index contributed by atoms with van der Waals surface area (Å²) >= 11 is 0. The summed E-state index contributed by atoms with van der Waals surface area (Å²) in [6, 6.07) is 3.76. The number of halogens is 1. The van der Waals surface area contributed by atoms with Gasteiger partial charge in [0.15, 0.2) is 5.96 Å². The summed E-state index contributed by atoms with van der Waals surface area (Å²) in [4.78, 5) is 8.20. The molecule has 126 valence electrons. The molecule has 0 aliphatic heterocycles. The Hall–Kier alpha value is -1.05. The van der Waals surface area contributed by atoms with Crippen LogP contribution in [0.15, 0.2) is 29.5 Å². The smallest absolute Gasteiger partial charge is 0.191 e. The van der Waals surface area contributed by atoms with Crippen molar-refractivity contribution >= 4 is 29.9 Å². The van der Waals surface area contributed by atoms with Crippen LogP contribution in [0.5, 0.6) is 5.75 Å². The van der Waals surface area contributed by atoms with E-state index >= 15 is 0 Å². The number of aromatic nitrogens is 1. The molecule has 0 atom stereocenters. The number of ether oxygens (including phenoxy) is 1. The van der Waals surface area contributed by atoms with Gasteiger partial charge in [0.25, 0.3) is 0 Å². The van der Waals surface area contributed by atoms with Crippen molar-refractivity contribution in [3.05, 3.63) is 24.5 Å². The van der Waals surface area contributed by atoms with Crippen molar-refractivity contribution in [2.75, 3.05) is 26.7 Å². The van der Waals surface area contributed by atoms with Crippen LogP contribution < -0.4 is 15.4 Å². The van der Waals surface area contributed by atoms with Crippen molar-refractivity contribution in [1.29, 1.82) is 0 Å². The van der Waals surface area contributed by atoms with Crippen LogP contribution >= 0.6 is 24.0 Å². The van der Waals surface area contributed by atoms with Gasteiger partial charge in [0.1, 0.15) is 12.4 Å². The molecule has 0 aromatic carbocycles. The van der Waals surface area contributed by atoms with E-state index in [9.17, 15) is 0 Å². The monoisotopic (exact) mass is 420 g/mol. The summed E-state index contributed by atoms with van der Waals surface area (Å²) in [6.45, 7) is 6.77. The molecule has 0 spiro atoms. The predicted octanol–water partition coefficient (Wildman–Crippen LogP) is 3.07. The van der Waals surface area contributed by atoms with Crippen molar-refractivity contribution in [3.63, 3.8) is 0 Å². The summed E-state index contributed by atoms with van der Waals surface area (Å²) in [6.07, 6.45) is 7.15. The van der Waals surface area contributed by atoms with Crippen LogP contribution in [0, 0.1) is 5.92 Å². The Morgan fingerprint density at radius 2 is 2.05 bits per heavy atom. The number of pyridine rings is 1. The fourth-order valence-electron chi connectivity index (χ4n) is 1.88. The molecule has 0 aliphatic rings. The van der Waals surface area contributed by atoms with E-state index < -0.39 is 0 Å². The van der Waals surface area contributed by atoms with Crippen LogP contribution in [0.2, 0.25) is 0 Å². The van der Waals surface area contributed by atoms with Crippen molar-refractivity contribution in [1.82, 2.24) is 15.6 Å². The van der Waals surface area contributed by atoms with Crippen LogP contribution in [-0.2, 0) is 0 Å². The molecule has 0 radical (unpaired) electrons. The molecule has 0 fully saturated rings. The molecule has 1 heterocycles. The zero-order valence-corrected chi connectivity index (χ0v) is 16.2. The molecule has 22 heavy (non-hydrogen) atoms. The lowest BCUT2D eigenvalue weighted by molar-refractivity contribution is 0.320. The molecule has 1 rings (SSSR count). The number of guanidine groups is 1. The van der Waals surface area contributed by atoms with Gasteiger partial charge in [-0.25, -0.2) is 0 Å². The van der Waals surface area contributed by atoms with E-state index in [0.717, 1.165) is 24.2 Å². The molecular formula is C16H29IN4O. The average Bonchev–Trinajstić information content (AvgIpc) is 2.49. The standard InChI is InChI=1S/C16H28N4O.HI/c1-14(2)7-4-5-10-19-16(17-3)20-11-12-21-15-8-6-9-18-13-15;/h6,8-9,13-14H,4-5,7,10-12H2,1-3H3,(H2,17,19,20);1H. The Morgan fingerprint density at radius 3 is 2.68 bits per heavy atom. The Bertz CT molecular complexity index is 398. The third-order valence-electron chi connectivity index (χ3n) is 3.02. The Balaban J connectivity index is 0.00000441. The van der Waals surface area contributed by atoms with E-state index in [1.807, 2.05) is 12.1 Å². The highest BCUT2D eigenvalue weighted by molar-refractivity contribution is 14.0. The molecular weight excluding hydrogens is 391 g/mol. The Labute approximate surface area is 151 Å². The molecule has 0 saturated carbocycles. The summed E-state index contributed by atoms with van der Waals surface area (Å²) in [5, 5.41) is 6.55. The second-order valence-electron chi connectivity index (χ2n) is 5.35. The van der Waals surface area contributed by atoms with Gasteiger partial charge in [0.2, 0.25) is 0 Å². The summed E-state index contributed by atoms with van der Waals surface area (Å²) in [7, 11) is 1.78. The molecule has 0 saturated heterocycles. The van der Waals surface area contributed by atoms with Gasteiger partial charge in [0.05, 0.1) is 12.7 Å². The predicted molar refractivity (Wildman–Crippen MR) is 103 cm³/mol. The fraction of sp³-hybridized carbons (Fsp3) is 0.625. The van der Waals surface area contributed by atoms with Gasteiger partial charge in [-0.15, -0.1) is 24.0 Å². The lowest BCUT2D eigenvalue weighted by Crippen LogP contribution is -2.39. The highest BCUT2D eigenvalue weighted by Gasteiger charge is 1.98. The molecule has 0 bridgehead atoms. The molecule has 0 amide bonds. The summed E-state index contributed by atoms with van der Waals surface area (Å²) < 4.78 is 5.56. The number of unbranched alkanes of at least 4 members (excludes halogenated alkanes) is 1. The molecule has 6 heteroatoms. The van der Waals surface area contributed by atoms with Crippen LogP contribution in [0.25, 0.3) is 0 Å². The average molecular weight is 420 g/mol. The van der Waals surface area contributed by atoms with Crippen LogP contribution in [-0.4, -0.2) is 37.7 Å². The Morgan fingerprint density at radius 1 is 1.27 bits per heavy atom. The molecule has 2 N–H and O–H groups in total. The number of aliphatic imine (C=N–C) groups is 1. The largest absolute Gasteiger partial charge is 0.490 e. The first kappa shape index (κ1) is 20.9. The minimum Gasteiger partial charge on any atom is -0.490 e. The van der Waals surface area contributed by atoms with Gasteiger partial charge in [-0.2, -0.15) is 0 Å². The van der Waals surface area contributed by atoms with E-state index in [4.69, 9.17) is 4.74 Å². The van der Waals surface area contributed by atoms with Gasteiger partial charge < -0.3 is 15.4 Å². The first-order valence-corrected chi connectivity index (χ1v) is 7.69. The first-order chi connectivity index (χ1) is 10.2. The molecule has 1 aromatic rings. The van der Waals surface area contributed by atoms with E-state index in [0.29, 0.717) is 13.2 Å². The Kier molecular flexibility index (Phi) is 13.0. The van der Waals surface area contributed by atoms with E-state index in [-0.39, 0.29) is 24.0 Å². The van der Waals surface area contributed by atoms with Gasteiger partial charge in [-0.05, 0) is 24.5 Å². The number of hydrogen-bond acceptors (Lipinski definition) is 3. The third kappa shape index (κ3) is 10.6. The highest BCUT2D eigenvalue weighted by Crippen LogP contribution is 2.05.